The second-order valence-electron chi connectivity index (χ2n) is 2.36. The third-order valence-corrected chi connectivity index (χ3v) is 1.51. The van der Waals surface area contributed by atoms with Crippen molar-refractivity contribution >= 4 is 0 Å². The van der Waals surface area contributed by atoms with Crippen molar-refractivity contribution in [3.8, 4) is 12.3 Å². The number of hydrogen-bond acceptors (Lipinski definition) is 1. The summed E-state index contributed by atoms with van der Waals surface area (Å²) in [6, 6.07) is 1.16. The van der Waals surface area contributed by atoms with E-state index in [9.17, 15) is 17.6 Å². The highest BCUT2D eigenvalue weighted by molar-refractivity contribution is 5.28. The first-order chi connectivity index (χ1) is 6.49. The molecule has 1 aromatic rings. The number of aliphatic hydroxyl groups excluding tert-OH is 1. The summed E-state index contributed by atoms with van der Waals surface area (Å²) < 4.78 is 50.6. The highest BCUT2D eigenvalue weighted by atomic mass is 19.2. The van der Waals surface area contributed by atoms with Gasteiger partial charge in [0.1, 0.15) is 6.10 Å². The third kappa shape index (κ3) is 1.56. The normalized spacial score (nSPS) is 12.3. The fraction of sp³-hybridized carbons (Fsp3) is 0.111. The molecule has 73 valence electrons. The van der Waals surface area contributed by atoms with Gasteiger partial charge in [-0.1, -0.05) is 5.92 Å². The van der Waals surface area contributed by atoms with Crippen molar-refractivity contribution < 1.29 is 22.7 Å². The first kappa shape index (κ1) is 10.5. The lowest BCUT2D eigenvalue weighted by Crippen LogP contribution is -2.07. The van der Waals surface area contributed by atoms with Gasteiger partial charge in [0.25, 0.3) is 0 Å². The molecule has 1 nitrogen and oxygen atoms in total. The Hall–Kier alpha value is -1.54. The summed E-state index contributed by atoms with van der Waals surface area (Å²) in [4.78, 5) is 0. The predicted octanol–water partition coefficient (Wildman–Crippen LogP) is 1.71. The maximum atomic E-state index is 12.8. The van der Waals surface area contributed by atoms with Gasteiger partial charge in [-0.2, -0.15) is 0 Å². The van der Waals surface area contributed by atoms with Crippen LogP contribution in [0.3, 0.4) is 0 Å². The topological polar surface area (TPSA) is 20.2 Å². The monoisotopic (exact) mass is 203 g/mol. The van der Waals surface area contributed by atoms with Gasteiger partial charge in [-0.05, 0) is 0 Å². The average Bonchev–Trinajstić information content (AvgIpc) is 2.15. The summed E-state index contributed by atoms with van der Waals surface area (Å²) in [6.07, 6.45) is 2.62. The Bertz CT molecular complexity index is 382. The number of halogens is 4. The van der Waals surface area contributed by atoms with Gasteiger partial charge in [0.05, 0.1) is 11.6 Å². The molecule has 1 radical (unpaired) electrons. The van der Waals surface area contributed by atoms with Crippen molar-refractivity contribution in [1.82, 2.24) is 0 Å². The summed E-state index contributed by atoms with van der Waals surface area (Å²) in [6.45, 7) is 0. The van der Waals surface area contributed by atoms with E-state index in [0.717, 1.165) is 6.07 Å². The molecule has 0 amide bonds. The summed E-state index contributed by atoms with van der Waals surface area (Å²) in [5.41, 5.74) is -1.22. The van der Waals surface area contributed by atoms with Gasteiger partial charge in [-0.15, -0.1) is 6.42 Å². The second kappa shape index (κ2) is 3.68. The van der Waals surface area contributed by atoms with Gasteiger partial charge in [0, 0.05) is 0 Å². The molecule has 0 fully saturated rings. The van der Waals surface area contributed by atoms with Crippen LogP contribution < -0.4 is 0 Å². The molecular formula is C9H3F4O. The van der Waals surface area contributed by atoms with Crippen LogP contribution in [0, 0.1) is 41.7 Å². The third-order valence-electron chi connectivity index (χ3n) is 1.51. The lowest BCUT2D eigenvalue weighted by molar-refractivity contribution is 0.222. The lowest BCUT2D eigenvalue weighted by Gasteiger charge is -2.07. The minimum Gasteiger partial charge on any atom is -0.376 e. The first-order valence-electron chi connectivity index (χ1n) is 3.38. The Morgan fingerprint density at radius 1 is 1.14 bits per heavy atom. The molecular weight excluding hydrogens is 200 g/mol. The Kier molecular flexibility index (Phi) is 2.77. The molecule has 0 aliphatic rings. The Balaban J connectivity index is 3.49. The van der Waals surface area contributed by atoms with Gasteiger partial charge < -0.3 is 5.11 Å². The maximum absolute atomic E-state index is 12.8. The predicted molar refractivity (Wildman–Crippen MR) is 38.9 cm³/mol. The minimum atomic E-state index is -2.03. The Labute approximate surface area is 77.0 Å². The molecule has 0 heterocycles. The molecule has 0 aromatic heterocycles. The van der Waals surface area contributed by atoms with Crippen LogP contribution in [0.1, 0.15) is 11.7 Å². The molecule has 0 spiro atoms. The fourth-order valence-corrected chi connectivity index (χ4v) is 0.862. The van der Waals surface area contributed by atoms with E-state index in [1.165, 1.54) is 0 Å². The van der Waals surface area contributed by atoms with Crippen LogP contribution in [0.5, 0.6) is 0 Å². The second-order valence-corrected chi connectivity index (χ2v) is 2.36. The van der Waals surface area contributed by atoms with Crippen LogP contribution in [-0.4, -0.2) is 5.11 Å². The fourth-order valence-electron chi connectivity index (χ4n) is 0.862. The average molecular weight is 203 g/mol. The highest BCUT2D eigenvalue weighted by Gasteiger charge is 2.23. The van der Waals surface area contributed by atoms with E-state index in [4.69, 9.17) is 5.11 Å². The molecule has 1 aromatic carbocycles. The van der Waals surface area contributed by atoms with Gasteiger partial charge in [-0.3, -0.25) is 0 Å². The van der Waals surface area contributed by atoms with Gasteiger partial charge in [0.15, 0.2) is 23.3 Å². The minimum absolute atomic E-state index is 1.16. The van der Waals surface area contributed by atoms with Gasteiger partial charge in [0.2, 0.25) is 0 Å². The highest BCUT2D eigenvalue weighted by Crippen LogP contribution is 2.24. The SMILES string of the molecule is C#CC(O)c1c(F)c(F)[c]c(F)c1F. The quantitative estimate of drug-likeness (QED) is 0.418. The van der Waals surface area contributed by atoms with Crippen LogP contribution in [0.4, 0.5) is 17.6 Å². The molecule has 1 rings (SSSR count). The zero-order chi connectivity index (χ0) is 10.9. The van der Waals surface area contributed by atoms with Crippen molar-refractivity contribution in [2.75, 3.05) is 0 Å². The van der Waals surface area contributed by atoms with E-state index in [0.29, 0.717) is 0 Å². The van der Waals surface area contributed by atoms with E-state index >= 15 is 0 Å². The number of terminal acetylenes is 1. The first-order valence-corrected chi connectivity index (χ1v) is 3.38. The molecule has 14 heavy (non-hydrogen) atoms. The maximum Gasteiger partial charge on any atom is 0.170 e. The number of hydrogen-bond donors (Lipinski definition) is 1. The van der Waals surface area contributed by atoms with Crippen LogP contribution in [0.25, 0.3) is 0 Å². The van der Waals surface area contributed by atoms with Gasteiger partial charge in [-0.25, -0.2) is 17.6 Å². The molecule has 0 aliphatic carbocycles. The van der Waals surface area contributed by atoms with E-state index < -0.39 is 34.9 Å². The molecule has 0 bridgehead atoms. The summed E-state index contributed by atoms with van der Waals surface area (Å²) in [5, 5.41) is 8.88. The van der Waals surface area contributed by atoms with E-state index in [-0.39, 0.29) is 0 Å². The molecule has 5 heteroatoms. The summed E-state index contributed by atoms with van der Waals surface area (Å²) in [5.74, 6) is -5.39. The number of benzene rings is 1. The number of rotatable bonds is 1. The Morgan fingerprint density at radius 2 is 1.57 bits per heavy atom. The van der Waals surface area contributed by atoms with Crippen molar-refractivity contribution in [1.29, 1.82) is 0 Å². The van der Waals surface area contributed by atoms with E-state index in [1.807, 2.05) is 0 Å². The standard InChI is InChI=1S/C9H3F4O/c1-2-6(14)7-8(12)4(10)3-5(11)9(7)13/h1,6,14H. The number of aliphatic hydroxyl groups is 1. The molecule has 0 aliphatic heterocycles. The van der Waals surface area contributed by atoms with Crippen LogP contribution in [0.15, 0.2) is 0 Å². The summed E-state index contributed by atoms with van der Waals surface area (Å²) >= 11 is 0. The Morgan fingerprint density at radius 3 is 1.93 bits per heavy atom. The largest absolute Gasteiger partial charge is 0.376 e. The van der Waals surface area contributed by atoms with Crippen molar-refractivity contribution in [3.63, 3.8) is 0 Å². The molecule has 1 unspecified atom stereocenters. The molecule has 1 N–H and O–H groups in total. The van der Waals surface area contributed by atoms with Crippen LogP contribution in [0.2, 0.25) is 0 Å². The summed E-state index contributed by atoms with van der Waals surface area (Å²) in [7, 11) is 0. The molecule has 0 saturated heterocycles. The van der Waals surface area contributed by atoms with Crippen molar-refractivity contribution in [3.05, 3.63) is 34.9 Å². The van der Waals surface area contributed by atoms with Crippen LogP contribution >= 0.6 is 0 Å². The van der Waals surface area contributed by atoms with E-state index in [2.05, 4.69) is 6.42 Å². The van der Waals surface area contributed by atoms with E-state index in [1.54, 1.807) is 5.92 Å². The molecule has 1 atom stereocenters. The smallest absolute Gasteiger partial charge is 0.170 e. The zero-order valence-corrected chi connectivity index (χ0v) is 6.61. The van der Waals surface area contributed by atoms with Crippen molar-refractivity contribution in [2.24, 2.45) is 0 Å². The van der Waals surface area contributed by atoms with Gasteiger partial charge >= 0.3 is 0 Å². The van der Waals surface area contributed by atoms with Crippen LogP contribution in [-0.2, 0) is 0 Å². The lowest BCUT2D eigenvalue weighted by atomic mass is 10.1. The van der Waals surface area contributed by atoms with Crippen molar-refractivity contribution in [2.45, 2.75) is 6.10 Å². The molecule has 0 saturated carbocycles. The zero-order valence-electron chi connectivity index (χ0n) is 6.61.